The molecule has 3 heterocycles. The Bertz CT molecular complexity index is 834. The molecule has 0 spiro atoms. The molecular formula is C22H27N3O2. The van der Waals surface area contributed by atoms with E-state index in [0.717, 1.165) is 38.0 Å². The van der Waals surface area contributed by atoms with Crippen LogP contribution in [0.2, 0.25) is 0 Å². The van der Waals surface area contributed by atoms with Crippen LogP contribution in [0.25, 0.3) is 11.3 Å². The lowest BCUT2D eigenvalue weighted by Crippen LogP contribution is -2.41. The smallest absolute Gasteiger partial charge is 0.222 e. The number of hydrogen-bond acceptors (Lipinski definition) is 3. The second kappa shape index (κ2) is 6.79. The van der Waals surface area contributed by atoms with Crippen LogP contribution in [0, 0.1) is 11.8 Å². The Morgan fingerprint density at radius 3 is 2.74 bits per heavy atom. The van der Waals surface area contributed by atoms with Crippen molar-refractivity contribution in [1.82, 2.24) is 14.5 Å². The van der Waals surface area contributed by atoms with Gasteiger partial charge >= 0.3 is 0 Å². The fourth-order valence-electron chi connectivity index (χ4n) is 4.83. The third-order valence-corrected chi connectivity index (χ3v) is 6.66. The Morgan fingerprint density at radius 2 is 1.96 bits per heavy atom. The Hall–Kier alpha value is -2.14. The van der Waals surface area contributed by atoms with Crippen molar-refractivity contribution >= 4 is 5.91 Å². The monoisotopic (exact) mass is 365 g/mol. The molecule has 5 heteroatoms. The van der Waals surface area contributed by atoms with Gasteiger partial charge in [0.15, 0.2) is 0 Å². The van der Waals surface area contributed by atoms with Crippen LogP contribution < -0.4 is 0 Å². The number of aliphatic hydroxyl groups excluding tert-OH is 1. The summed E-state index contributed by atoms with van der Waals surface area (Å²) in [4.78, 5) is 18.6. The molecule has 27 heavy (non-hydrogen) atoms. The lowest BCUT2D eigenvalue weighted by atomic mass is 9.86. The molecule has 1 aliphatic carbocycles. The zero-order valence-electron chi connectivity index (χ0n) is 15.6. The summed E-state index contributed by atoms with van der Waals surface area (Å²) < 4.78 is 2.20. The van der Waals surface area contributed by atoms with Gasteiger partial charge in [0.05, 0.1) is 30.4 Å². The van der Waals surface area contributed by atoms with Crippen LogP contribution >= 0.6 is 0 Å². The summed E-state index contributed by atoms with van der Waals surface area (Å²) in [7, 11) is 0. The summed E-state index contributed by atoms with van der Waals surface area (Å²) in [5.41, 5.74) is 3.65. The minimum absolute atomic E-state index is 0.156. The number of benzene rings is 1. The van der Waals surface area contributed by atoms with Crippen LogP contribution in [0.1, 0.15) is 50.1 Å². The number of piperidine rings is 1. The lowest BCUT2D eigenvalue weighted by Gasteiger charge is -2.35. The van der Waals surface area contributed by atoms with Gasteiger partial charge in [0.1, 0.15) is 0 Å². The molecule has 1 saturated heterocycles. The molecule has 5 rings (SSSR count). The molecule has 1 amide bonds. The minimum Gasteiger partial charge on any atom is -0.393 e. The van der Waals surface area contributed by atoms with Crippen LogP contribution in [0.3, 0.4) is 0 Å². The maximum absolute atomic E-state index is 12.3. The number of amides is 1. The highest BCUT2D eigenvalue weighted by Crippen LogP contribution is 2.42. The molecule has 2 aromatic rings. The molecule has 142 valence electrons. The fraction of sp³-hybridized carbons (Fsp3) is 0.545. The molecule has 2 atom stereocenters. The molecule has 1 saturated carbocycles. The van der Waals surface area contributed by atoms with Crippen LogP contribution in [-0.4, -0.2) is 44.7 Å². The Kier molecular flexibility index (Phi) is 4.27. The van der Waals surface area contributed by atoms with Gasteiger partial charge in [-0.1, -0.05) is 24.3 Å². The number of rotatable bonds is 5. The summed E-state index contributed by atoms with van der Waals surface area (Å²) >= 11 is 0. The van der Waals surface area contributed by atoms with Crippen molar-refractivity contribution in [2.45, 2.75) is 50.7 Å². The van der Waals surface area contributed by atoms with Gasteiger partial charge in [-0.3, -0.25) is 4.79 Å². The summed E-state index contributed by atoms with van der Waals surface area (Å²) in [6.07, 6.45) is 9.14. The summed E-state index contributed by atoms with van der Waals surface area (Å²) in [5, 5.41) is 11.0. The first-order valence-corrected chi connectivity index (χ1v) is 10.3. The first-order valence-electron chi connectivity index (χ1n) is 10.3. The van der Waals surface area contributed by atoms with E-state index in [0.29, 0.717) is 18.2 Å². The van der Waals surface area contributed by atoms with Crippen molar-refractivity contribution in [3.05, 3.63) is 42.4 Å². The predicted molar refractivity (Wildman–Crippen MR) is 103 cm³/mol. The third-order valence-electron chi connectivity index (χ3n) is 6.66. The summed E-state index contributed by atoms with van der Waals surface area (Å²) in [6, 6.07) is 8.59. The van der Waals surface area contributed by atoms with Crippen LogP contribution in [0.15, 0.2) is 36.8 Å². The van der Waals surface area contributed by atoms with Crippen molar-refractivity contribution in [2.24, 2.45) is 11.8 Å². The minimum atomic E-state index is -0.350. The van der Waals surface area contributed by atoms with E-state index in [1.807, 2.05) is 17.4 Å². The van der Waals surface area contributed by atoms with Crippen molar-refractivity contribution in [2.75, 3.05) is 13.1 Å². The van der Waals surface area contributed by atoms with Gasteiger partial charge in [-0.25, -0.2) is 4.98 Å². The van der Waals surface area contributed by atoms with E-state index in [9.17, 15) is 9.90 Å². The van der Waals surface area contributed by atoms with Gasteiger partial charge in [-0.2, -0.15) is 0 Å². The Balaban J connectivity index is 1.23. The highest BCUT2D eigenvalue weighted by molar-refractivity contribution is 5.76. The van der Waals surface area contributed by atoms with Gasteiger partial charge in [0.25, 0.3) is 0 Å². The zero-order valence-corrected chi connectivity index (χ0v) is 15.6. The predicted octanol–water partition coefficient (Wildman–Crippen LogP) is 3.24. The standard InChI is InChI=1S/C22H27N3O2/c26-21(16-7-9-24(10-8-16)22(27)11-15-5-6-15)12-19-17-3-1-2-4-18(17)20-13-23-14-25(19)20/h1-4,13-16,19,21,26H,5-12H2. The molecule has 1 N–H and O–H groups in total. The molecule has 0 bridgehead atoms. The zero-order chi connectivity index (χ0) is 18.4. The second-order valence-electron chi connectivity index (χ2n) is 8.46. The van der Waals surface area contributed by atoms with Gasteiger partial charge in [0, 0.05) is 25.1 Å². The summed E-state index contributed by atoms with van der Waals surface area (Å²) in [6.45, 7) is 1.59. The maximum Gasteiger partial charge on any atom is 0.222 e. The van der Waals surface area contributed by atoms with Crippen molar-refractivity contribution in [3.8, 4) is 11.3 Å². The highest BCUT2D eigenvalue weighted by Gasteiger charge is 2.34. The largest absolute Gasteiger partial charge is 0.393 e. The van der Waals surface area contributed by atoms with Gasteiger partial charge in [-0.15, -0.1) is 0 Å². The Labute approximate surface area is 160 Å². The first kappa shape index (κ1) is 17.0. The molecule has 1 aromatic heterocycles. The average Bonchev–Trinajstić information content (AvgIpc) is 3.29. The molecule has 3 aliphatic rings. The van der Waals surface area contributed by atoms with Gasteiger partial charge in [0.2, 0.25) is 5.91 Å². The van der Waals surface area contributed by atoms with E-state index in [1.165, 1.54) is 24.0 Å². The number of imidazole rings is 1. The van der Waals surface area contributed by atoms with E-state index >= 15 is 0 Å². The Morgan fingerprint density at radius 1 is 1.19 bits per heavy atom. The van der Waals surface area contributed by atoms with E-state index < -0.39 is 0 Å². The maximum atomic E-state index is 12.3. The number of carbonyl (C=O) groups excluding carboxylic acids is 1. The first-order chi connectivity index (χ1) is 13.2. The van der Waals surface area contributed by atoms with Crippen LogP contribution in [-0.2, 0) is 4.79 Å². The van der Waals surface area contributed by atoms with E-state index in [1.54, 1.807) is 0 Å². The molecule has 2 aliphatic heterocycles. The summed E-state index contributed by atoms with van der Waals surface area (Å²) in [5.74, 6) is 1.24. The number of hydrogen-bond donors (Lipinski definition) is 1. The van der Waals surface area contributed by atoms with Gasteiger partial charge < -0.3 is 14.6 Å². The van der Waals surface area contributed by atoms with Crippen molar-refractivity contribution in [1.29, 1.82) is 0 Å². The van der Waals surface area contributed by atoms with Gasteiger partial charge in [-0.05, 0) is 49.5 Å². The van der Waals surface area contributed by atoms with Crippen LogP contribution in [0.4, 0.5) is 0 Å². The highest BCUT2D eigenvalue weighted by atomic mass is 16.3. The molecule has 1 aromatic carbocycles. The SMILES string of the molecule is O=C(CC1CC1)N1CCC(C(O)CC2c3ccccc3-c3cncn32)CC1. The molecule has 0 radical (unpaired) electrons. The lowest BCUT2D eigenvalue weighted by molar-refractivity contribution is -0.133. The molecule has 5 nitrogen and oxygen atoms in total. The normalized spacial score (nSPS) is 23.1. The molecule has 2 unspecified atom stereocenters. The van der Waals surface area contributed by atoms with Crippen molar-refractivity contribution < 1.29 is 9.90 Å². The molecule has 2 fully saturated rings. The number of nitrogens with zero attached hydrogens (tertiary/aromatic N) is 3. The number of carbonyl (C=O) groups is 1. The van der Waals surface area contributed by atoms with E-state index in [4.69, 9.17) is 0 Å². The molecular weight excluding hydrogens is 338 g/mol. The number of aliphatic hydroxyl groups is 1. The van der Waals surface area contributed by atoms with Crippen molar-refractivity contribution in [3.63, 3.8) is 0 Å². The van der Waals surface area contributed by atoms with E-state index in [2.05, 4.69) is 33.8 Å². The fourth-order valence-corrected chi connectivity index (χ4v) is 4.83. The number of fused-ring (bicyclic) bond motifs is 3. The second-order valence-corrected chi connectivity index (χ2v) is 8.46. The van der Waals surface area contributed by atoms with Crippen LogP contribution in [0.5, 0.6) is 0 Å². The number of aromatic nitrogens is 2. The number of likely N-dealkylation sites (tertiary alicyclic amines) is 1. The average molecular weight is 365 g/mol. The topological polar surface area (TPSA) is 58.4 Å². The quantitative estimate of drug-likeness (QED) is 0.885. The van der Waals surface area contributed by atoms with E-state index in [-0.39, 0.29) is 18.1 Å². The third kappa shape index (κ3) is 3.18.